The number of benzene rings is 5. The maximum absolute atomic E-state index is 14.2. The third kappa shape index (κ3) is 15.9. The Balaban J connectivity index is 1.16. The number of hydrogen-bond acceptors (Lipinski definition) is 26. The number of rotatable bonds is 22. The number of allylic oxidation sites excluding steroid dienone is 2. The second-order valence-corrected chi connectivity index (χ2v) is 29.3. The normalized spacial score (nSPS) is 15.3. The summed E-state index contributed by atoms with van der Waals surface area (Å²) in [5, 5.41) is 11.9. The fourth-order valence-corrected chi connectivity index (χ4v) is 13.0. The summed E-state index contributed by atoms with van der Waals surface area (Å²) < 4.78 is 259. The van der Waals surface area contributed by atoms with Gasteiger partial charge in [0.2, 0.25) is 11.6 Å². The zero-order valence-corrected chi connectivity index (χ0v) is 48.6. The van der Waals surface area contributed by atoms with Crippen molar-refractivity contribution in [3.8, 4) is 0 Å². The van der Waals surface area contributed by atoms with Crippen LogP contribution in [-0.2, 0) is 89.3 Å². The molecule has 0 saturated heterocycles. The van der Waals surface area contributed by atoms with Crippen LogP contribution in [0.15, 0.2) is 137 Å². The first-order valence-corrected chi connectivity index (χ1v) is 34.4. The predicted molar refractivity (Wildman–Crippen MR) is 297 cm³/mol. The molecule has 458 valence electrons. The number of amides is 2. The van der Waals surface area contributed by atoms with Crippen LogP contribution >= 0.6 is 0 Å². The number of hydrogen-bond donors (Lipinski definition) is 10. The lowest BCUT2D eigenvalue weighted by atomic mass is 9.92. The van der Waals surface area contributed by atoms with Gasteiger partial charge in [0.05, 0.1) is 78.2 Å². The van der Waals surface area contributed by atoms with E-state index in [9.17, 15) is 105 Å². The minimum atomic E-state index is -5.45. The zero-order chi connectivity index (χ0) is 63.9. The van der Waals surface area contributed by atoms with Gasteiger partial charge in [-0.05, 0) is 120 Å². The van der Waals surface area contributed by atoms with E-state index in [2.05, 4.69) is 40.1 Å². The van der Waals surface area contributed by atoms with Gasteiger partial charge in [-0.3, -0.25) is 57.3 Å². The van der Waals surface area contributed by atoms with Crippen LogP contribution < -0.4 is 21.5 Å². The van der Waals surface area contributed by atoms with Gasteiger partial charge in [-0.15, -0.1) is 0 Å². The number of hydrazone groups is 2. The van der Waals surface area contributed by atoms with E-state index in [4.69, 9.17) is 9.11 Å². The van der Waals surface area contributed by atoms with Crippen LogP contribution in [0.1, 0.15) is 52.6 Å². The molecular weight excluding hydrogens is 1320 g/mol. The number of Topliss-reactive ketones (excluding diaryl/α,β-unsaturated/α-hetero) is 2. The highest BCUT2D eigenvalue weighted by molar-refractivity contribution is 7.92. The molecule has 0 aliphatic heterocycles. The van der Waals surface area contributed by atoms with Crippen molar-refractivity contribution in [2.45, 2.75) is 19.6 Å². The summed E-state index contributed by atoms with van der Waals surface area (Å²) in [4.78, 5) is 50.5. The quantitative estimate of drug-likeness (QED) is 0.0348. The Morgan fingerprint density at radius 2 is 0.733 bits per heavy atom. The highest BCUT2D eigenvalue weighted by Crippen LogP contribution is 2.36. The number of fused-ring (bicyclic) bond motifs is 2. The second-order valence-electron chi connectivity index (χ2n) is 17.3. The first kappa shape index (κ1) is 65.6. The van der Waals surface area contributed by atoms with E-state index in [1.807, 2.05) is 0 Å². The molecule has 0 radical (unpaired) electrons. The van der Waals surface area contributed by atoms with E-state index in [-0.39, 0.29) is 11.4 Å². The Morgan fingerprint density at radius 1 is 0.419 bits per heavy atom. The van der Waals surface area contributed by atoms with E-state index in [1.165, 1.54) is 0 Å². The molecule has 5 aromatic rings. The Kier molecular flexibility index (Phi) is 18.4. The van der Waals surface area contributed by atoms with Crippen LogP contribution in [0.2, 0.25) is 0 Å². The van der Waals surface area contributed by atoms with Crippen molar-refractivity contribution in [2.24, 2.45) is 10.2 Å². The fourth-order valence-electron chi connectivity index (χ4n) is 7.60. The topological polar surface area (TPSA) is 554 Å². The lowest BCUT2D eigenvalue weighted by molar-refractivity contribution is 0.101. The van der Waals surface area contributed by atoms with Crippen LogP contribution in [0.3, 0.4) is 0 Å². The average molecular weight is 1350 g/mol. The van der Waals surface area contributed by atoms with Crippen molar-refractivity contribution >= 4 is 151 Å². The maximum Gasteiger partial charge on any atom is 0.397 e. The van der Waals surface area contributed by atoms with Crippen LogP contribution in [0, 0.1) is 0 Å². The van der Waals surface area contributed by atoms with Gasteiger partial charge in [0.15, 0.2) is 31.1 Å². The Hall–Kier alpha value is -7.92. The number of nitrogens with zero attached hydrogens (tertiary/aromatic N) is 2. The van der Waals surface area contributed by atoms with Crippen molar-refractivity contribution < 1.29 is 122 Å². The van der Waals surface area contributed by atoms with Crippen molar-refractivity contribution in [1.29, 1.82) is 0 Å². The molecule has 0 bridgehead atoms. The first-order chi connectivity index (χ1) is 39.5. The molecule has 10 N–H and O–H groups in total. The standard InChI is InChI=1S/C44H36N6O28S8/c51-41-37-25(19-35(83(65,66)67)39(41)49-47-27-5-9-29(10-6-27)79(55,56)15-13-77-85(71,72)73)17-31(81(59,60)61)21-33(37)45-43(53)23-1-2-24(4-3-23)44(54)46-34-22-32(82(62,63)64)18-26-20-36(84(68,69)70)40(42(52)38(26)34)50-48-28-7-11-30(12-8-28)80(57,58)16-14-78-86(74,75)76/h1-12,17-22,47-48H,13-16H2,(H,45,53)(H,46,54)(H,59,60,61)(H,62,63,64)(H,65,66,67)(H,68,69,70)(H,71,72,73)(H,74,75,76)/b49-39+,50-40+. The Bertz CT molecular complexity index is 4510. The number of anilines is 4. The predicted octanol–water partition coefficient (Wildman–Crippen LogP) is 1.66. The highest BCUT2D eigenvalue weighted by Gasteiger charge is 2.38. The highest BCUT2D eigenvalue weighted by atomic mass is 32.3. The summed E-state index contributed by atoms with van der Waals surface area (Å²) in [6.07, 6.45) is 1.08. The Labute approximate surface area is 486 Å². The molecule has 0 saturated carbocycles. The van der Waals surface area contributed by atoms with Gasteiger partial charge < -0.3 is 10.6 Å². The number of nitrogens with one attached hydrogen (secondary N) is 4. The smallest absolute Gasteiger partial charge is 0.321 e. The van der Waals surface area contributed by atoms with Gasteiger partial charge in [-0.1, -0.05) is 0 Å². The molecular formula is C44H36N6O28S8. The summed E-state index contributed by atoms with van der Waals surface area (Å²) >= 11 is 0. The minimum absolute atomic E-state index is 0.152. The molecule has 7 rings (SSSR count). The fraction of sp³-hybridized carbons (Fsp3) is 0.0909. The summed E-state index contributed by atoms with van der Waals surface area (Å²) in [6, 6.07) is 14.1. The number of ketones is 2. The minimum Gasteiger partial charge on any atom is -0.321 e. The number of sulfone groups is 2. The molecule has 0 heterocycles. The van der Waals surface area contributed by atoms with Gasteiger partial charge in [0.25, 0.3) is 52.3 Å². The van der Waals surface area contributed by atoms with Crippen molar-refractivity contribution in [1.82, 2.24) is 0 Å². The average Bonchev–Trinajstić information content (AvgIpc) is 0.836. The molecule has 86 heavy (non-hydrogen) atoms. The molecule has 0 spiro atoms. The van der Waals surface area contributed by atoms with E-state index in [1.54, 1.807) is 0 Å². The van der Waals surface area contributed by atoms with E-state index >= 15 is 0 Å². The monoisotopic (exact) mass is 1350 g/mol. The van der Waals surface area contributed by atoms with E-state index in [0.717, 1.165) is 72.8 Å². The maximum atomic E-state index is 14.2. The molecule has 0 unspecified atom stereocenters. The Morgan fingerprint density at radius 3 is 1.01 bits per heavy atom. The van der Waals surface area contributed by atoms with Crippen molar-refractivity contribution in [3.05, 3.63) is 140 Å². The van der Waals surface area contributed by atoms with Crippen LogP contribution in [0.25, 0.3) is 12.2 Å². The van der Waals surface area contributed by atoms with Crippen molar-refractivity contribution in [3.63, 3.8) is 0 Å². The van der Waals surface area contributed by atoms with E-state index < -0.39 is 215 Å². The summed E-state index contributed by atoms with van der Waals surface area (Å²) in [5.41, 5.74) is -3.00. The second kappa shape index (κ2) is 24.1. The SMILES string of the molecule is O=C(Nc1cc(S(=O)(=O)O)cc2c1C(=O)/C(=N/Nc1ccc(S(=O)(=O)CCOS(=O)(=O)O)cc1)C(S(=O)(=O)O)=C2)c1ccc(C(=O)Nc2cc(S(=O)(=O)O)cc3c2C(=O)/C(=N/Nc2ccc(S(=O)(=O)CCOS(=O)(=O)O)cc2)C(S(=O)(=O)O)=C3)cc1. The first-order valence-electron chi connectivity index (χ1n) is 22.6. The molecule has 0 atom stereocenters. The van der Waals surface area contributed by atoms with Crippen LogP contribution in [0.5, 0.6) is 0 Å². The van der Waals surface area contributed by atoms with Crippen LogP contribution in [0.4, 0.5) is 22.7 Å². The number of carbonyl (C=O) groups is 4. The molecule has 2 aliphatic carbocycles. The van der Waals surface area contributed by atoms with Gasteiger partial charge >= 0.3 is 20.8 Å². The molecule has 34 nitrogen and oxygen atoms in total. The van der Waals surface area contributed by atoms with Crippen molar-refractivity contribution in [2.75, 3.05) is 46.2 Å². The molecule has 5 aromatic carbocycles. The summed E-state index contributed by atoms with van der Waals surface area (Å²) in [6.45, 7) is -1.94. The van der Waals surface area contributed by atoms with Crippen LogP contribution in [-0.4, -0.2) is 154 Å². The third-order valence-electron chi connectivity index (χ3n) is 11.5. The molecule has 2 aliphatic rings. The largest absolute Gasteiger partial charge is 0.397 e. The zero-order valence-electron chi connectivity index (χ0n) is 42.0. The van der Waals surface area contributed by atoms with Gasteiger partial charge in [-0.25, -0.2) is 25.2 Å². The third-order valence-corrected chi connectivity index (χ3v) is 19.2. The molecule has 0 aromatic heterocycles. The summed E-state index contributed by atoms with van der Waals surface area (Å²) in [7, 11) is -39.8. The lowest BCUT2D eigenvalue weighted by Crippen LogP contribution is -2.29. The molecule has 2 amide bonds. The molecule has 42 heteroatoms. The van der Waals surface area contributed by atoms with E-state index in [0.29, 0.717) is 36.4 Å². The number of carbonyl (C=O) groups excluding carboxylic acids is 4. The molecule has 0 fully saturated rings. The lowest BCUT2D eigenvalue weighted by Gasteiger charge is -2.21. The van der Waals surface area contributed by atoms with Gasteiger partial charge in [-0.2, -0.15) is 60.7 Å². The summed E-state index contributed by atoms with van der Waals surface area (Å²) in [5.74, 6) is -7.15. The van der Waals surface area contributed by atoms with Gasteiger partial charge in [0, 0.05) is 11.1 Å². The van der Waals surface area contributed by atoms with Gasteiger partial charge in [0.1, 0.15) is 9.81 Å².